The molecule has 0 spiro atoms. The van der Waals surface area contributed by atoms with Crippen LogP contribution in [-0.4, -0.2) is 20.6 Å². The molecule has 1 aromatic rings. The van der Waals surface area contributed by atoms with Gasteiger partial charge in [0.1, 0.15) is 5.82 Å². The molecule has 0 aliphatic heterocycles. The molecule has 0 saturated carbocycles. The number of carboxylic acid groups (broad SMARTS) is 1. The molecule has 0 fully saturated rings. The molecule has 1 aromatic heterocycles. The van der Waals surface area contributed by atoms with E-state index in [1.807, 2.05) is 18.5 Å². The Balaban J connectivity index is 2.81. The summed E-state index contributed by atoms with van der Waals surface area (Å²) < 4.78 is 1.81. The smallest absolute Gasteiger partial charge is 0.303 e. The minimum atomic E-state index is -0.824. The van der Waals surface area contributed by atoms with Gasteiger partial charge in [-0.05, 0) is 6.92 Å². The molecule has 72 valence electrons. The first-order valence-electron chi connectivity index (χ1n) is 3.92. The van der Waals surface area contributed by atoms with E-state index in [1.165, 1.54) is 0 Å². The summed E-state index contributed by atoms with van der Waals surface area (Å²) in [6.07, 6.45) is 0.504. The Morgan fingerprint density at radius 3 is 2.69 bits per heavy atom. The van der Waals surface area contributed by atoms with E-state index in [1.54, 1.807) is 0 Å². The maximum atomic E-state index is 10.3. The van der Waals surface area contributed by atoms with Crippen LogP contribution in [0, 0.1) is 6.92 Å². The summed E-state index contributed by atoms with van der Waals surface area (Å²) in [5.74, 6) is -0.0275. The highest BCUT2D eigenvalue weighted by Gasteiger charge is 2.11. The molecule has 4 nitrogen and oxygen atoms in total. The number of hydrogen-bond acceptors (Lipinski definition) is 2. The number of carboxylic acids is 1. The highest BCUT2D eigenvalue weighted by molar-refractivity contribution is 6.30. The molecule has 0 radical (unpaired) electrons. The Hall–Kier alpha value is -1.03. The number of imidazole rings is 1. The first-order chi connectivity index (χ1) is 6.02. The summed E-state index contributed by atoms with van der Waals surface area (Å²) in [7, 11) is 1.82. The van der Waals surface area contributed by atoms with Crippen LogP contribution in [0.25, 0.3) is 0 Å². The SMILES string of the molecule is Cc1nc(Cl)c(CCC(=O)O)n1C. The van der Waals surface area contributed by atoms with Crippen LogP contribution in [0.3, 0.4) is 0 Å². The third-order valence-corrected chi connectivity index (χ3v) is 2.27. The number of nitrogens with zero attached hydrogens (tertiary/aromatic N) is 2. The summed E-state index contributed by atoms with van der Waals surface area (Å²) >= 11 is 5.81. The molecule has 13 heavy (non-hydrogen) atoms. The molecular formula is C8H11ClN2O2. The van der Waals surface area contributed by atoms with Crippen molar-refractivity contribution in [2.75, 3.05) is 0 Å². The predicted molar refractivity (Wildman–Crippen MR) is 48.9 cm³/mol. The van der Waals surface area contributed by atoms with E-state index < -0.39 is 5.97 Å². The first-order valence-corrected chi connectivity index (χ1v) is 4.29. The van der Waals surface area contributed by atoms with Crippen molar-refractivity contribution in [3.8, 4) is 0 Å². The molecule has 1 rings (SSSR count). The van der Waals surface area contributed by atoms with Gasteiger partial charge >= 0.3 is 5.97 Å². The van der Waals surface area contributed by atoms with Gasteiger partial charge in [0.2, 0.25) is 0 Å². The lowest BCUT2D eigenvalue weighted by atomic mass is 10.2. The number of aliphatic carboxylic acids is 1. The van der Waals surface area contributed by atoms with Crippen LogP contribution in [0.15, 0.2) is 0 Å². The van der Waals surface area contributed by atoms with E-state index in [0.717, 1.165) is 11.5 Å². The van der Waals surface area contributed by atoms with E-state index in [4.69, 9.17) is 16.7 Å². The average molecular weight is 203 g/mol. The molecule has 0 unspecified atom stereocenters. The maximum Gasteiger partial charge on any atom is 0.303 e. The van der Waals surface area contributed by atoms with E-state index >= 15 is 0 Å². The van der Waals surface area contributed by atoms with Gasteiger partial charge < -0.3 is 9.67 Å². The van der Waals surface area contributed by atoms with Gasteiger partial charge in [-0.3, -0.25) is 4.79 Å². The second kappa shape index (κ2) is 3.79. The average Bonchev–Trinajstić information content (AvgIpc) is 2.24. The number of aromatic nitrogens is 2. The number of hydrogen-bond donors (Lipinski definition) is 1. The van der Waals surface area contributed by atoms with Crippen LogP contribution >= 0.6 is 11.6 Å². The first kappa shape index (κ1) is 10.1. The van der Waals surface area contributed by atoms with Gasteiger partial charge in [-0.25, -0.2) is 4.98 Å². The zero-order valence-electron chi connectivity index (χ0n) is 7.54. The summed E-state index contributed by atoms with van der Waals surface area (Å²) in [5.41, 5.74) is 0.779. The van der Waals surface area contributed by atoms with E-state index in [9.17, 15) is 4.79 Å². The van der Waals surface area contributed by atoms with Crippen molar-refractivity contribution in [3.63, 3.8) is 0 Å². The molecule has 0 aromatic carbocycles. The van der Waals surface area contributed by atoms with Crippen molar-refractivity contribution in [2.45, 2.75) is 19.8 Å². The third kappa shape index (κ3) is 2.21. The predicted octanol–water partition coefficient (Wildman–Crippen LogP) is 1.40. The Bertz CT molecular complexity index is 333. The quantitative estimate of drug-likeness (QED) is 0.806. The van der Waals surface area contributed by atoms with Crippen molar-refractivity contribution in [1.29, 1.82) is 0 Å². The number of rotatable bonds is 3. The van der Waals surface area contributed by atoms with Crippen molar-refractivity contribution in [1.82, 2.24) is 9.55 Å². The molecule has 0 bridgehead atoms. The maximum absolute atomic E-state index is 10.3. The molecule has 1 N–H and O–H groups in total. The van der Waals surface area contributed by atoms with Gasteiger partial charge in [0.05, 0.1) is 12.1 Å². The molecule has 0 amide bonds. The topological polar surface area (TPSA) is 55.1 Å². The standard InChI is InChI=1S/C8H11ClN2O2/c1-5-10-8(9)6(11(5)2)3-4-7(12)13/h3-4H2,1-2H3,(H,12,13). The minimum Gasteiger partial charge on any atom is -0.481 e. The molecule has 0 atom stereocenters. The number of carbonyl (C=O) groups is 1. The Labute approximate surface area is 81.2 Å². The van der Waals surface area contributed by atoms with Crippen LogP contribution in [0.2, 0.25) is 5.15 Å². The van der Waals surface area contributed by atoms with E-state index in [2.05, 4.69) is 4.98 Å². The van der Waals surface area contributed by atoms with Crippen molar-refractivity contribution in [3.05, 3.63) is 16.7 Å². The van der Waals surface area contributed by atoms with Gasteiger partial charge in [-0.1, -0.05) is 11.6 Å². The van der Waals surface area contributed by atoms with Crippen LogP contribution in [-0.2, 0) is 18.3 Å². The van der Waals surface area contributed by atoms with Crippen molar-refractivity contribution in [2.24, 2.45) is 7.05 Å². The lowest BCUT2D eigenvalue weighted by molar-refractivity contribution is -0.136. The van der Waals surface area contributed by atoms with E-state index in [0.29, 0.717) is 11.6 Å². The van der Waals surface area contributed by atoms with Crippen molar-refractivity contribution >= 4 is 17.6 Å². The number of halogens is 1. The molecule has 0 saturated heterocycles. The summed E-state index contributed by atoms with van der Waals surface area (Å²) in [5, 5.41) is 8.89. The van der Waals surface area contributed by atoms with Gasteiger partial charge in [0.25, 0.3) is 0 Å². The molecular weight excluding hydrogens is 192 g/mol. The molecule has 5 heteroatoms. The Morgan fingerprint density at radius 1 is 1.69 bits per heavy atom. The minimum absolute atomic E-state index is 0.0820. The number of aryl methyl sites for hydroxylation is 1. The molecule has 1 heterocycles. The largest absolute Gasteiger partial charge is 0.481 e. The highest BCUT2D eigenvalue weighted by Crippen LogP contribution is 2.17. The van der Waals surface area contributed by atoms with Gasteiger partial charge in [-0.15, -0.1) is 0 Å². The Morgan fingerprint density at radius 2 is 2.31 bits per heavy atom. The monoisotopic (exact) mass is 202 g/mol. The zero-order chi connectivity index (χ0) is 10.0. The summed E-state index contributed by atoms with van der Waals surface area (Å²) in [6.45, 7) is 1.83. The fourth-order valence-electron chi connectivity index (χ4n) is 1.11. The summed E-state index contributed by atoms with van der Waals surface area (Å²) in [4.78, 5) is 14.4. The van der Waals surface area contributed by atoms with Crippen LogP contribution in [0.4, 0.5) is 0 Å². The second-order valence-corrected chi connectivity index (χ2v) is 3.21. The van der Waals surface area contributed by atoms with Gasteiger partial charge in [0.15, 0.2) is 5.15 Å². The van der Waals surface area contributed by atoms with Gasteiger partial charge in [-0.2, -0.15) is 0 Å². The second-order valence-electron chi connectivity index (χ2n) is 2.85. The van der Waals surface area contributed by atoms with E-state index in [-0.39, 0.29) is 6.42 Å². The van der Waals surface area contributed by atoms with Crippen LogP contribution in [0.1, 0.15) is 17.9 Å². The fraction of sp³-hybridized carbons (Fsp3) is 0.500. The molecule has 0 aliphatic carbocycles. The zero-order valence-corrected chi connectivity index (χ0v) is 8.30. The van der Waals surface area contributed by atoms with Crippen molar-refractivity contribution < 1.29 is 9.90 Å². The lowest BCUT2D eigenvalue weighted by Crippen LogP contribution is -2.03. The summed E-state index contributed by atoms with van der Waals surface area (Å²) in [6, 6.07) is 0. The fourth-order valence-corrected chi connectivity index (χ4v) is 1.46. The van der Waals surface area contributed by atoms with Gasteiger partial charge in [0, 0.05) is 13.5 Å². The lowest BCUT2D eigenvalue weighted by Gasteiger charge is -2.01. The molecule has 0 aliphatic rings. The normalized spacial score (nSPS) is 10.4. The Kier molecular flexibility index (Phi) is 2.93. The van der Waals surface area contributed by atoms with Crippen LogP contribution in [0.5, 0.6) is 0 Å². The van der Waals surface area contributed by atoms with Crippen LogP contribution < -0.4 is 0 Å². The third-order valence-electron chi connectivity index (χ3n) is 1.96. The highest BCUT2D eigenvalue weighted by atomic mass is 35.5.